The highest BCUT2D eigenvalue weighted by atomic mass is 35.5. The molecule has 1 unspecified atom stereocenters. The normalized spacial score (nSPS) is 13.8. The fourth-order valence-electron chi connectivity index (χ4n) is 2.38. The SMILES string of the molecule is CC(C)CNCC(C[Si](C)(C)C)c1ccccc1Cl. The van der Waals surface area contributed by atoms with Crippen LogP contribution in [0.1, 0.15) is 25.3 Å². The van der Waals surface area contributed by atoms with Crippen molar-refractivity contribution in [2.75, 3.05) is 13.1 Å². The van der Waals surface area contributed by atoms with Gasteiger partial charge in [-0.25, -0.2) is 0 Å². The van der Waals surface area contributed by atoms with Crippen molar-refractivity contribution in [3.05, 3.63) is 34.9 Å². The standard InChI is InChI=1S/C16H28ClNSi/c1-13(2)10-18-11-14(12-19(3,4)5)15-8-6-7-9-16(15)17/h6-9,13-14,18H,10-12H2,1-5H3. The number of rotatable bonds is 7. The quantitative estimate of drug-likeness (QED) is 0.698. The first-order valence-corrected chi connectivity index (χ1v) is 11.3. The van der Waals surface area contributed by atoms with Crippen LogP contribution in [0.25, 0.3) is 0 Å². The second kappa shape index (κ2) is 7.46. The van der Waals surface area contributed by atoms with Crippen LogP contribution in [0, 0.1) is 5.92 Å². The lowest BCUT2D eigenvalue weighted by Crippen LogP contribution is -2.31. The molecule has 0 aromatic heterocycles. The van der Waals surface area contributed by atoms with Gasteiger partial charge >= 0.3 is 0 Å². The van der Waals surface area contributed by atoms with Crippen molar-refractivity contribution in [3.8, 4) is 0 Å². The van der Waals surface area contributed by atoms with Crippen LogP contribution < -0.4 is 5.32 Å². The van der Waals surface area contributed by atoms with Crippen LogP contribution in [0.15, 0.2) is 24.3 Å². The Morgan fingerprint density at radius 1 is 1.11 bits per heavy atom. The Bertz CT molecular complexity index is 385. The molecule has 0 spiro atoms. The zero-order valence-electron chi connectivity index (χ0n) is 13.0. The van der Waals surface area contributed by atoms with Crippen LogP contribution in [-0.2, 0) is 0 Å². The molecule has 0 heterocycles. The van der Waals surface area contributed by atoms with E-state index >= 15 is 0 Å². The second-order valence-electron chi connectivity index (χ2n) is 7.04. The molecule has 0 amide bonds. The molecule has 1 aromatic rings. The van der Waals surface area contributed by atoms with Gasteiger partial charge in [0.1, 0.15) is 0 Å². The first kappa shape index (κ1) is 16.7. The molecule has 1 atom stereocenters. The summed E-state index contributed by atoms with van der Waals surface area (Å²) in [4.78, 5) is 0. The summed E-state index contributed by atoms with van der Waals surface area (Å²) in [6.45, 7) is 13.9. The maximum absolute atomic E-state index is 6.38. The second-order valence-corrected chi connectivity index (χ2v) is 13.0. The molecule has 1 nitrogen and oxygen atoms in total. The molecule has 0 aliphatic heterocycles. The highest BCUT2D eigenvalue weighted by Crippen LogP contribution is 2.31. The lowest BCUT2D eigenvalue weighted by atomic mass is 10.0. The maximum atomic E-state index is 6.38. The van der Waals surface area contributed by atoms with E-state index in [0.717, 1.165) is 18.1 Å². The molecule has 1 rings (SSSR count). The number of halogens is 1. The van der Waals surface area contributed by atoms with Gasteiger partial charge in [0.05, 0.1) is 0 Å². The van der Waals surface area contributed by atoms with Crippen LogP contribution in [0.2, 0.25) is 30.7 Å². The largest absolute Gasteiger partial charge is 0.316 e. The summed E-state index contributed by atoms with van der Waals surface area (Å²) in [5.74, 6) is 1.23. The Morgan fingerprint density at radius 3 is 2.26 bits per heavy atom. The third-order valence-corrected chi connectivity index (χ3v) is 5.21. The Kier molecular flexibility index (Phi) is 6.58. The average Bonchev–Trinajstić information content (AvgIpc) is 2.26. The molecule has 0 aliphatic carbocycles. The Labute approximate surface area is 124 Å². The highest BCUT2D eigenvalue weighted by molar-refractivity contribution is 6.76. The molecule has 0 radical (unpaired) electrons. The van der Waals surface area contributed by atoms with Gasteiger partial charge < -0.3 is 5.32 Å². The third-order valence-electron chi connectivity index (χ3n) is 3.15. The summed E-state index contributed by atoms with van der Waals surface area (Å²) < 4.78 is 0. The van der Waals surface area contributed by atoms with Crippen molar-refractivity contribution < 1.29 is 0 Å². The van der Waals surface area contributed by atoms with Gasteiger partial charge in [-0.05, 0) is 36.1 Å². The van der Waals surface area contributed by atoms with E-state index in [1.165, 1.54) is 11.6 Å². The highest BCUT2D eigenvalue weighted by Gasteiger charge is 2.23. The zero-order valence-corrected chi connectivity index (χ0v) is 14.7. The molecule has 19 heavy (non-hydrogen) atoms. The predicted molar refractivity (Wildman–Crippen MR) is 90.1 cm³/mol. The number of hydrogen-bond donors (Lipinski definition) is 1. The first-order valence-electron chi connectivity index (χ1n) is 7.25. The van der Waals surface area contributed by atoms with Gasteiger partial charge in [0.15, 0.2) is 0 Å². The van der Waals surface area contributed by atoms with Crippen molar-refractivity contribution in [2.24, 2.45) is 5.92 Å². The van der Waals surface area contributed by atoms with E-state index in [4.69, 9.17) is 11.6 Å². The van der Waals surface area contributed by atoms with Gasteiger partial charge in [-0.2, -0.15) is 0 Å². The van der Waals surface area contributed by atoms with E-state index in [0.29, 0.717) is 11.8 Å². The lowest BCUT2D eigenvalue weighted by molar-refractivity contribution is 0.527. The van der Waals surface area contributed by atoms with Crippen molar-refractivity contribution in [1.29, 1.82) is 0 Å². The van der Waals surface area contributed by atoms with Gasteiger partial charge in [0.2, 0.25) is 0 Å². The Hall–Kier alpha value is -0.313. The van der Waals surface area contributed by atoms with E-state index in [2.05, 4.69) is 50.9 Å². The first-order chi connectivity index (χ1) is 8.79. The number of nitrogens with one attached hydrogen (secondary N) is 1. The molecule has 1 N–H and O–H groups in total. The fourth-order valence-corrected chi connectivity index (χ4v) is 4.52. The molecule has 1 aromatic carbocycles. The van der Waals surface area contributed by atoms with Crippen LogP contribution in [0.5, 0.6) is 0 Å². The molecule has 108 valence electrons. The molecule has 0 fully saturated rings. The zero-order chi connectivity index (χ0) is 14.5. The Balaban J connectivity index is 2.77. The van der Waals surface area contributed by atoms with E-state index in [9.17, 15) is 0 Å². The van der Waals surface area contributed by atoms with Crippen LogP contribution >= 0.6 is 11.6 Å². The van der Waals surface area contributed by atoms with Crippen LogP contribution in [0.4, 0.5) is 0 Å². The minimum absolute atomic E-state index is 0.541. The van der Waals surface area contributed by atoms with E-state index in [1.807, 2.05) is 12.1 Å². The van der Waals surface area contributed by atoms with Crippen molar-refractivity contribution >= 4 is 19.7 Å². The van der Waals surface area contributed by atoms with Gasteiger partial charge in [0, 0.05) is 19.6 Å². The van der Waals surface area contributed by atoms with Gasteiger partial charge in [-0.3, -0.25) is 0 Å². The van der Waals surface area contributed by atoms with Gasteiger partial charge in [-0.15, -0.1) is 0 Å². The summed E-state index contributed by atoms with van der Waals surface area (Å²) in [6.07, 6.45) is 0. The van der Waals surface area contributed by atoms with Crippen LogP contribution in [0.3, 0.4) is 0 Å². The van der Waals surface area contributed by atoms with Crippen LogP contribution in [-0.4, -0.2) is 21.2 Å². The average molecular weight is 298 g/mol. The van der Waals surface area contributed by atoms with Crippen molar-refractivity contribution in [2.45, 2.75) is 45.5 Å². The van der Waals surface area contributed by atoms with Crippen molar-refractivity contribution in [1.82, 2.24) is 5.32 Å². The minimum Gasteiger partial charge on any atom is -0.316 e. The summed E-state index contributed by atoms with van der Waals surface area (Å²) in [5, 5.41) is 4.51. The molecular formula is C16H28ClNSi. The minimum atomic E-state index is -1.10. The molecule has 0 bridgehead atoms. The molecular weight excluding hydrogens is 270 g/mol. The van der Waals surface area contributed by atoms with E-state index in [-0.39, 0.29) is 0 Å². The molecule has 0 saturated carbocycles. The summed E-state index contributed by atoms with van der Waals surface area (Å²) in [7, 11) is -1.10. The Morgan fingerprint density at radius 2 is 1.74 bits per heavy atom. The molecule has 0 saturated heterocycles. The molecule has 3 heteroatoms. The monoisotopic (exact) mass is 297 g/mol. The summed E-state index contributed by atoms with van der Waals surface area (Å²) in [5.41, 5.74) is 1.31. The topological polar surface area (TPSA) is 12.0 Å². The summed E-state index contributed by atoms with van der Waals surface area (Å²) >= 11 is 6.38. The lowest BCUT2D eigenvalue weighted by Gasteiger charge is -2.26. The smallest absolute Gasteiger partial charge is 0.0449 e. The van der Waals surface area contributed by atoms with Crippen molar-refractivity contribution in [3.63, 3.8) is 0 Å². The van der Waals surface area contributed by atoms with E-state index < -0.39 is 8.07 Å². The number of benzene rings is 1. The maximum Gasteiger partial charge on any atom is 0.0449 e. The summed E-state index contributed by atoms with van der Waals surface area (Å²) in [6, 6.07) is 9.59. The third kappa shape index (κ3) is 6.60. The van der Waals surface area contributed by atoms with E-state index in [1.54, 1.807) is 0 Å². The predicted octanol–water partition coefficient (Wildman–Crippen LogP) is 5.01. The molecule has 0 aliphatic rings. The fraction of sp³-hybridized carbons (Fsp3) is 0.625. The van der Waals surface area contributed by atoms with Gasteiger partial charge in [0.25, 0.3) is 0 Å². The van der Waals surface area contributed by atoms with Gasteiger partial charge in [-0.1, -0.05) is 63.3 Å². The number of hydrogen-bond acceptors (Lipinski definition) is 1.